The number of benzene rings is 2. The summed E-state index contributed by atoms with van der Waals surface area (Å²) >= 11 is 5.83. The lowest BCUT2D eigenvalue weighted by Gasteiger charge is -2.46. The predicted molar refractivity (Wildman–Crippen MR) is 133 cm³/mol. The highest BCUT2D eigenvalue weighted by Crippen LogP contribution is 2.46. The number of ketones is 1. The van der Waals surface area contributed by atoms with Crippen molar-refractivity contribution < 1.29 is 38.1 Å². The Hall–Kier alpha value is -3.04. The van der Waals surface area contributed by atoms with Gasteiger partial charge in [-0.15, -0.1) is 0 Å². The van der Waals surface area contributed by atoms with Gasteiger partial charge < -0.3 is 19.8 Å². The van der Waals surface area contributed by atoms with E-state index in [4.69, 9.17) is 16.3 Å². The topological polar surface area (TPSA) is 104 Å². The van der Waals surface area contributed by atoms with Gasteiger partial charge in [0.25, 0.3) is 0 Å². The summed E-state index contributed by atoms with van der Waals surface area (Å²) in [5.41, 5.74) is -7.00. The standard InChI is InChI=1S/C27H30ClF2NO6/c1-5-27(36,26(30)10-12-31(13-11-26)24(35)37-25(2,3)4)17-14-19(23(33)34)21(20(29)15-17)22(32)16-6-8-18(28)9-7-16/h6-9,14-15,36H,5,10-13H2,1-4H3,(H,33,34). The molecule has 7 nitrogen and oxygen atoms in total. The van der Waals surface area contributed by atoms with Crippen LogP contribution in [0.1, 0.15) is 78.8 Å². The van der Waals surface area contributed by atoms with E-state index in [1.807, 2.05) is 0 Å². The summed E-state index contributed by atoms with van der Waals surface area (Å²) < 4.78 is 37.0. The first kappa shape index (κ1) is 28.5. The van der Waals surface area contributed by atoms with Gasteiger partial charge in [-0.05, 0) is 69.2 Å². The molecule has 1 saturated heterocycles. The molecule has 0 saturated carbocycles. The Bertz CT molecular complexity index is 1200. The molecule has 2 aromatic rings. The van der Waals surface area contributed by atoms with Gasteiger partial charge in [-0.2, -0.15) is 0 Å². The van der Waals surface area contributed by atoms with Crippen LogP contribution in [0.15, 0.2) is 36.4 Å². The normalized spacial score (nSPS) is 17.1. The Morgan fingerprint density at radius 1 is 1.11 bits per heavy atom. The number of amides is 1. The number of nitrogens with zero attached hydrogens (tertiary/aromatic N) is 1. The van der Waals surface area contributed by atoms with Crippen molar-refractivity contribution in [1.29, 1.82) is 0 Å². The second-order valence-corrected chi connectivity index (χ2v) is 10.6. The number of carboxylic acid groups (broad SMARTS) is 1. The van der Waals surface area contributed by atoms with Crippen LogP contribution in [0.3, 0.4) is 0 Å². The summed E-state index contributed by atoms with van der Waals surface area (Å²) in [5, 5.41) is 21.6. The van der Waals surface area contributed by atoms with Crippen LogP contribution in [-0.2, 0) is 10.3 Å². The number of hydrogen-bond acceptors (Lipinski definition) is 5. The van der Waals surface area contributed by atoms with Crippen molar-refractivity contribution in [3.8, 4) is 0 Å². The Balaban J connectivity index is 1.97. The maximum Gasteiger partial charge on any atom is 0.410 e. The lowest BCUT2D eigenvalue weighted by atomic mass is 9.71. The number of halogens is 3. The molecular formula is C27H30ClF2NO6. The quantitative estimate of drug-likeness (QED) is 0.455. The third-order valence-corrected chi connectivity index (χ3v) is 6.84. The van der Waals surface area contributed by atoms with Crippen LogP contribution >= 0.6 is 11.6 Å². The molecule has 1 heterocycles. The van der Waals surface area contributed by atoms with Gasteiger partial charge in [-0.1, -0.05) is 18.5 Å². The molecule has 0 bridgehead atoms. The van der Waals surface area contributed by atoms with Crippen molar-refractivity contribution in [2.24, 2.45) is 0 Å². The maximum atomic E-state index is 16.3. The highest BCUT2D eigenvalue weighted by Gasteiger charge is 2.53. The summed E-state index contributed by atoms with van der Waals surface area (Å²) in [7, 11) is 0. The van der Waals surface area contributed by atoms with Crippen molar-refractivity contribution >= 4 is 29.4 Å². The zero-order chi connectivity index (χ0) is 27.8. The van der Waals surface area contributed by atoms with Crippen LogP contribution < -0.4 is 0 Å². The number of carbonyl (C=O) groups is 3. The number of likely N-dealkylation sites (tertiary alicyclic amines) is 1. The van der Waals surface area contributed by atoms with Crippen LogP contribution in [-0.4, -0.2) is 57.3 Å². The number of ether oxygens (including phenoxy) is 1. The molecule has 1 aliphatic rings. The van der Waals surface area contributed by atoms with Crippen molar-refractivity contribution in [1.82, 2.24) is 4.90 Å². The Kier molecular flexibility index (Phi) is 8.00. The van der Waals surface area contributed by atoms with Gasteiger partial charge in [0.2, 0.25) is 0 Å². The SMILES string of the molecule is CCC(O)(c1cc(F)c(C(=O)c2ccc(Cl)cc2)c(C(=O)O)c1)C1(F)CCN(C(=O)OC(C)(C)C)CC1. The average Bonchev–Trinajstić information content (AvgIpc) is 2.82. The highest BCUT2D eigenvalue weighted by atomic mass is 35.5. The third-order valence-electron chi connectivity index (χ3n) is 6.59. The molecule has 37 heavy (non-hydrogen) atoms. The Labute approximate surface area is 219 Å². The number of aromatic carboxylic acids is 1. The lowest BCUT2D eigenvalue weighted by Crippen LogP contribution is -2.56. The van der Waals surface area contributed by atoms with Crippen molar-refractivity contribution in [3.63, 3.8) is 0 Å². The molecule has 2 N–H and O–H groups in total. The minimum atomic E-state index is -2.30. The average molecular weight is 538 g/mol. The fraction of sp³-hybridized carbons (Fsp3) is 0.444. The van der Waals surface area contributed by atoms with Gasteiger partial charge in [0.1, 0.15) is 22.7 Å². The largest absolute Gasteiger partial charge is 0.478 e. The van der Waals surface area contributed by atoms with Gasteiger partial charge in [0, 0.05) is 36.5 Å². The number of rotatable bonds is 6. The van der Waals surface area contributed by atoms with Crippen LogP contribution in [0.5, 0.6) is 0 Å². The van der Waals surface area contributed by atoms with Crippen LogP contribution in [0, 0.1) is 5.82 Å². The second-order valence-electron chi connectivity index (χ2n) is 10.2. The molecule has 200 valence electrons. The number of carbonyl (C=O) groups excluding carboxylic acids is 2. The molecular weight excluding hydrogens is 508 g/mol. The third kappa shape index (κ3) is 5.78. The predicted octanol–water partition coefficient (Wildman–Crippen LogP) is 5.75. The summed E-state index contributed by atoms with van der Waals surface area (Å²) in [4.78, 5) is 38.7. The number of piperidine rings is 1. The van der Waals surface area contributed by atoms with Gasteiger partial charge >= 0.3 is 12.1 Å². The first-order chi connectivity index (χ1) is 17.1. The van der Waals surface area contributed by atoms with E-state index in [-0.39, 0.29) is 43.5 Å². The molecule has 0 spiro atoms. The van der Waals surface area contributed by atoms with E-state index in [0.717, 1.165) is 12.1 Å². The number of hydrogen-bond donors (Lipinski definition) is 2. The van der Waals surface area contributed by atoms with Crippen LogP contribution in [0.25, 0.3) is 0 Å². The summed E-state index contributed by atoms with van der Waals surface area (Å²) in [6.07, 6.45) is -1.39. The monoisotopic (exact) mass is 537 g/mol. The van der Waals surface area contributed by atoms with E-state index in [1.165, 1.54) is 36.1 Å². The second kappa shape index (κ2) is 10.4. The Morgan fingerprint density at radius 3 is 2.16 bits per heavy atom. The van der Waals surface area contributed by atoms with E-state index >= 15 is 8.78 Å². The fourth-order valence-corrected chi connectivity index (χ4v) is 4.68. The van der Waals surface area contributed by atoms with Gasteiger partial charge in [-0.3, -0.25) is 4.79 Å². The fourth-order valence-electron chi connectivity index (χ4n) is 4.55. The minimum Gasteiger partial charge on any atom is -0.478 e. The molecule has 2 aromatic carbocycles. The first-order valence-corrected chi connectivity index (χ1v) is 12.3. The molecule has 1 fully saturated rings. The molecule has 1 amide bonds. The Morgan fingerprint density at radius 2 is 1.68 bits per heavy atom. The highest BCUT2D eigenvalue weighted by molar-refractivity contribution is 6.30. The molecule has 3 rings (SSSR count). The van der Waals surface area contributed by atoms with Gasteiger partial charge in [-0.25, -0.2) is 18.4 Å². The van der Waals surface area contributed by atoms with Crippen LogP contribution in [0.2, 0.25) is 5.02 Å². The number of carboxylic acids is 1. The molecule has 1 atom stereocenters. The molecule has 0 aromatic heterocycles. The van der Waals surface area contributed by atoms with E-state index < -0.39 is 51.7 Å². The first-order valence-electron chi connectivity index (χ1n) is 11.9. The maximum absolute atomic E-state index is 16.3. The van der Waals surface area contributed by atoms with Gasteiger partial charge in [0.05, 0.1) is 11.1 Å². The number of alkyl halides is 1. The van der Waals surface area contributed by atoms with E-state index in [9.17, 15) is 24.6 Å². The zero-order valence-electron chi connectivity index (χ0n) is 21.1. The summed E-state index contributed by atoms with van der Waals surface area (Å²) in [5.74, 6) is -3.69. The summed E-state index contributed by atoms with van der Waals surface area (Å²) in [6, 6.07) is 7.24. The molecule has 10 heteroatoms. The van der Waals surface area contributed by atoms with E-state index in [1.54, 1.807) is 20.8 Å². The summed E-state index contributed by atoms with van der Waals surface area (Å²) in [6.45, 7) is 6.50. The van der Waals surface area contributed by atoms with Crippen LogP contribution in [0.4, 0.5) is 13.6 Å². The van der Waals surface area contributed by atoms with Crippen molar-refractivity contribution in [2.75, 3.05) is 13.1 Å². The molecule has 1 aliphatic heterocycles. The van der Waals surface area contributed by atoms with Crippen molar-refractivity contribution in [3.05, 3.63) is 69.5 Å². The zero-order valence-corrected chi connectivity index (χ0v) is 21.9. The lowest BCUT2D eigenvalue weighted by molar-refractivity contribution is -0.137. The van der Waals surface area contributed by atoms with Crippen molar-refractivity contribution in [2.45, 2.75) is 63.8 Å². The molecule has 0 aliphatic carbocycles. The van der Waals surface area contributed by atoms with Gasteiger partial charge in [0.15, 0.2) is 5.78 Å². The minimum absolute atomic E-state index is 0.0146. The molecule has 1 unspecified atom stereocenters. The smallest absolute Gasteiger partial charge is 0.410 e. The van der Waals surface area contributed by atoms with E-state index in [2.05, 4.69) is 0 Å². The number of aliphatic hydroxyl groups is 1. The van der Waals surface area contributed by atoms with E-state index in [0.29, 0.717) is 5.02 Å². The molecule has 0 radical (unpaired) electrons.